The molecule has 0 bridgehead atoms. The van der Waals surface area contributed by atoms with Gasteiger partial charge in [0.05, 0.1) is 23.7 Å². The molecule has 0 aromatic carbocycles. The molecule has 0 radical (unpaired) electrons. The van der Waals surface area contributed by atoms with Crippen LogP contribution in [-0.4, -0.2) is 44.7 Å². The van der Waals surface area contributed by atoms with Crippen molar-refractivity contribution in [2.24, 2.45) is 56.7 Å². The Labute approximate surface area is 211 Å². The Balaban J connectivity index is 1.73. The first kappa shape index (κ1) is 25.7. The summed E-state index contributed by atoms with van der Waals surface area (Å²) >= 11 is 0. The molecule has 4 saturated carbocycles. The maximum atomic E-state index is 13.6. The lowest BCUT2D eigenvalue weighted by atomic mass is 9.32. The quantitative estimate of drug-likeness (QED) is 0.388. The number of aliphatic carboxylic acids is 1. The summed E-state index contributed by atoms with van der Waals surface area (Å²) < 4.78 is 0. The van der Waals surface area contributed by atoms with E-state index in [4.69, 9.17) is 0 Å². The van der Waals surface area contributed by atoms with E-state index in [1.165, 1.54) is 6.42 Å². The number of carbonyl (C=O) groups is 1. The molecule has 4 fully saturated rings. The monoisotopic (exact) mass is 488 g/mol. The maximum absolute atomic E-state index is 13.6. The molecule has 0 aliphatic heterocycles. The predicted octanol–water partition coefficient (Wildman–Crippen LogP) is 5.03. The minimum atomic E-state index is -1.18. The fraction of sp³-hybridized carbons (Fsp3) is 0.900. The van der Waals surface area contributed by atoms with E-state index < -0.39 is 40.5 Å². The number of aliphatic hydroxyl groups is 3. The van der Waals surface area contributed by atoms with Crippen molar-refractivity contribution in [2.75, 3.05) is 0 Å². The van der Waals surface area contributed by atoms with Crippen molar-refractivity contribution in [3.63, 3.8) is 0 Å². The topological polar surface area (TPSA) is 98.0 Å². The van der Waals surface area contributed by atoms with Gasteiger partial charge in [0.25, 0.3) is 0 Å². The van der Waals surface area contributed by atoms with Crippen LogP contribution in [0.5, 0.6) is 0 Å². The normalized spacial score (nSPS) is 57.1. The van der Waals surface area contributed by atoms with Crippen LogP contribution in [0.2, 0.25) is 0 Å². The van der Waals surface area contributed by atoms with Crippen molar-refractivity contribution in [1.29, 1.82) is 0 Å². The molecule has 35 heavy (non-hydrogen) atoms. The first-order valence-electron chi connectivity index (χ1n) is 14.1. The Morgan fingerprint density at radius 1 is 0.943 bits per heavy atom. The van der Waals surface area contributed by atoms with Crippen molar-refractivity contribution in [3.8, 4) is 0 Å². The molecule has 5 heteroatoms. The fourth-order valence-corrected chi connectivity index (χ4v) is 11.1. The van der Waals surface area contributed by atoms with Gasteiger partial charge in [-0.25, -0.2) is 0 Å². The third-order valence-corrected chi connectivity index (χ3v) is 13.2. The van der Waals surface area contributed by atoms with Gasteiger partial charge in [-0.1, -0.05) is 60.1 Å². The molecule has 5 nitrogen and oxygen atoms in total. The van der Waals surface area contributed by atoms with Gasteiger partial charge in [0, 0.05) is 11.3 Å². The van der Waals surface area contributed by atoms with Crippen LogP contribution in [0, 0.1) is 56.7 Å². The number of allylic oxidation sites excluding steroid dienone is 1. The second-order valence-electron chi connectivity index (χ2n) is 14.7. The van der Waals surface area contributed by atoms with Gasteiger partial charge in [0.2, 0.25) is 0 Å². The Morgan fingerprint density at radius 2 is 1.60 bits per heavy atom. The fourth-order valence-electron chi connectivity index (χ4n) is 11.1. The van der Waals surface area contributed by atoms with E-state index in [1.54, 1.807) is 0 Å². The van der Waals surface area contributed by atoms with E-state index in [2.05, 4.69) is 33.8 Å². The minimum Gasteiger partial charge on any atom is -0.481 e. The van der Waals surface area contributed by atoms with Gasteiger partial charge in [-0.3, -0.25) is 4.79 Å². The van der Waals surface area contributed by atoms with E-state index in [9.17, 15) is 25.2 Å². The summed E-state index contributed by atoms with van der Waals surface area (Å²) in [5.74, 6) is -0.0913. The zero-order valence-electron chi connectivity index (χ0n) is 22.8. The molecule has 5 aliphatic carbocycles. The summed E-state index contributed by atoms with van der Waals surface area (Å²) in [7, 11) is 0. The van der Waals surface area contributed by atoms with Crippen molar-refractivity contribution < 1.29 is 25.2 Å². The second kappa shape index (κ2) is 7.57. The molecule has 0 heterocycles. The van der Waals surface area contributed by atoms with Crippen LogP contribution in [-0.2, 0) is 4.79 Å². The molecular formula is C30H48O5. The predicted molar refractivity (Wildman–Crippen MR) is 135 cm³/mol. The lowest BCUT2D eigenvalue weighted by Gasteiger charge is -2.72. The van der Waals surface area contributed by atoms with E-state index in [0.29, 0.717) is 24.7 Å². The van der Waals surface area contributed by atoms with Crippen LogP contribution in [0.4, 0.5) is 0 Å². The minimum absolute atomic E-state index is 0.0781. The molecule has 4 N–H and O–H groups in total. The number of carboxylic acid groups (broad SMARTS) is 1. The number of aliphatic hydroxyl groups excluding tert-OH is 3. The summed E-state index contributed by atoms with van der Waals surface area (Å²) in [5, 5.41) is 45.8. The first-order valence-corrected chi connectivity index (χ1v) is 14.1. The molecule has 5 aliphatic rings. The molecule has 0 spiro atoms. The van der Waals surface area contributed by atoms with Crippen LogP contribution >= 0.6 is 0 Å². The maximum Gasteiger partial charge on any atom is 0.314 e. The lowest BCUT2D eigenvalue weighted by Crippen LogP contribution is -2.75. The highest BCUT2D eigenvalue weighted by Crippen LogP contribution is 2.75. The highest BCUT2D eigenvalue weighted by Gasteiger charge is 2.76. The number of fused-ring (bicyclic) bond motifs is 7. The van der Waals surface area contributed by atoms with Gasteiger partial charge in [-0.05, 0) is 84.9 Å². The standard InChI is InChI=1S/C30H48O5/c1-16-10-12-27(5)14-15-30(25(34)35)18(21(27)17(16)2)8-9-19-28(6)13-11-20(31)26(3,4)23(28)22(32)24(33)29(19,30)7/h8,16-17,19-24,31-33H,9-15H2,1-7H3,(H,34,35)/t16-,17+,19-,20+,21+,22+,23?,24-,27-,28-,29+,30-/m1/s1. The summed E-state index contributed by atoms with van der Waals surface area (Å²) in [6, 6.07) is 0. The SMILES string of the molecule is C[C@H]1[C@H](C)CC[C@]2(C)CC[C@]3(C(=O)O)C(=CC[C@H]4[C@@]3(C)[C@H](O)[C@@H](O)C3C(C)(C)[C@@H](O)CC[C@@]34C)[C@H]12. The smallest absolute Gasteiger partial charge is 0.314 e. The third kappa shape index (κ3) is 2.84. The Hall–Kier alpha value is -0.910. The van der Waals surface area contributed by atoms with Crippen molar-refractivity contribution >= 4 is 5.97 Å². The number of rotatable bonds is 1. The van der Waals surface area contributed by atoms with E-state index in [0.717, 1.165) is 31.3 Å². The molecule has 198 valence electrons. The lowest BCUT2D eigenvalue weighted by molar-refractivity contribution is -0.287. The molecule has 12 atom stereocenters. The van der Waals surface area contributed by atoms with Gasteiger partial charge in [-0.2, -0.15) is 0 Å². The number of carboxylic acids is 1. The largest absolute Gasteiger partial charge is 0.481 e. The van der Waals surface area contributed by atoms with E-state index >= 15 is 0 Å². The summed E-state index contributed by atoms with van der Waals surface area (Å²) in [6.07, 6.45) is 5.27. The van der Waals surface area contributed by atoms with Crippen molar-refractivity contribution in [3.05, 3.63) is 11.6 Å². The van der Waals surface area contributed by atoms with Crippen LogP contribution in [0.3, 0.4) is 0 Å². The van der Waals surface area contributed by atoms with Gasteiger partial charge in [-0.15, -0.1) is 0 Å². The summed E-state index contributed by atoms with van der Waals surface area (Å²) in [5.41, 5.74) is -1.96. The molecule has 0 amide bonds. The molecule has 1 unspecified atom stereocenters. The van der Waals surface area contributed by atoms with Crippen molar-refractivity contribution in [2.45, 2.75) is 112 Å². The van der Waals surface area contributed by atoms with Gasteiger partial charge in [0.1, 0.15) is 0 Å². The van der Waals surface area contributed by atoms with Crippen LogP contribution < -0.4 is 0 Å². The average Bonchev–Trinajstić information content (AvgIpc) is 2.77. The molecule has 0 aromatic rings. The van der Waals surface area contributed by atoms with Gasteiger partial charge >= 0.3 is 5.97 Å². The van der Waals surface area contributed by atoms with Crippen LogP contribution in [0.1, 0.15) is 93.4 Å². The first-order chi connectivity index (χ1) is 16.1. The van der Waals surface area contributed by atoms with Crippen LogP contribution in [0.25, 0.3) is 0 Å². The summed E-state index contributed by atoms with van der Waals surface area (Å²) in [6.45, 7) is 15.2. The third-order valence-electron chi connectivity index (χ3n) is 13.2. The van der Waals surface area contributed by atoms with Crippen LogP contribution in [0.15, 0.2) is 11.6 Å². The number of hydrogen-bond acceptors (Lipinski definition) is 4. The second-order valence-corrected chi connectivity index (χ2v) is 14.7. The Morgan fingerprint density at radius 3 is 2.23 bits per heavy atom. The van der Waals surface area contributed by atoms with Gasteiger partial charge in [0.15, 0.2) is 0 Å². The van der Waals surface area contributed by atoms with Crippen molar-refractivity contribution in [1.82, 2.24) is 0 Å². The van der Waals surface area contributed by atoms with Gasteiger partial charge < -0.3 is 20.4 Å². The molecule has 0 aromatic heterocycles. The highest BCUT2D eigenvalue weighted by molar-refractivity contribution is 5.81. The molecule has 0 saturated heterocycles. The number of hydrogen-bond donors (Lipinski definition) is 4. The molecular weight excluding hydrogens is 440 g/mol. The summed E-state index contributed by atoms with van der Waals surface area (Å²) in [4.78, 5) is 13.6. The van der Waals surface area contributed by atoms with E-state index in [-0.39, 0.29) is 28.6 Å². The highest BCUT2D eigenvalue weighted by atomic mass is 16.4. The zero-order valence-corrected chi connectivity index (χ0v) is 22.8. The molecule has 5 rings (SSSR count). The Kier molecular flexibility index (Phi) is 5.56. The average molecular weight is 489 g/mol. The zero-order chi connectivity index (χ0) is 25.9. The Bertz CT molecular complexity index is 941. The van der Waals surface area contributed by atoms with E-state index in [1.807, 2.05) is 20.8 Å².